The number of benzene rings is 2. The predicted octanol–water partition coefficient (Wildman–Crippen LogP) is 4.60. The second-order valence-corrected chi connectivity index (χ2v) is 6.12. The summed E-state index contributed by atoms with van der Waals surface area (Å²) >= 11 is 9.36. The molecule has 3 rings (SSSR count). The van der Waals surface area contributed by atoms with Crippen LogP contribution in [-0.4, -0.2) is 9.78 Å². The Balaban J connectivity index is 1.89. The van der Waals surface area contributed by atoms with Crippen molar-refractivity contribution in [3.63, 3.8) is 0 Å². The lowest BCUT2D eigenvalue weighted by molar-refractivity contribution is 0.689. The average Bonchev–Trinajstić information content (AvgIpc) is 2.82. The van der Waals surface area contributed by atoms with Gasteiger partial charge in [-0.3, -0.25) is 4.68 Å². The highest BCUT2D eigenvalue weighted by atomic mass is 79.9. The van der Waals surface area contributed by atoms with Crippen molar-refractivity contribution in [2.24, 2.45) is 0 Å². The molecule has 0 aliphatic carbocycles. The summed E-state index contributed by atoms with van der Waals surface area (Å²) in [7, 11) is 0. The van der Waals surface area contributed by atoms with Gasteiger partial charge in [0.1, 0.15) is 5.69 Å². The van der Waals surface area contributed by atoms with Crippen molar-refractivity contribution in [2.75, 3.05) is 5.73 Å². The highest BCUT2D eigenvalue weighted by Gasteiger charge is 2.09. The quantitative estimate of drug-likeness (QED) is 0.740. The van der Waals surface area contributed by atoms with E-state index in [9.17, 15) is 0 Å². The molecule has 0 amide bonds. The first-order valence-corrected chi connectivity index (χ1v) is 7.62. The van der Waals surface area contributed by atoms with Crippen LogP contribution in [0, 0.1) is 0 Å². The summed E-state index contributed by atoms with van der Waals surface area (Å²) in [6, 6.07) is 15.7. The van der Waals surface area contributed by atoms with Crippen molar-refractivity contribution in [1.29, 1.82) is 0 Å². The zero-order valence-corrected chi connectivity index (χ0v) is 13.5. The van der Waals surface area contributed by atoms with Crippen molar-refractivity contribution >= 4 is 33.2 Å². The molecule has 0 radical (unpaired) electrons. The van der Waals surface area contributed by atoms with E-state index in [1.165, 1.54) is 0 Å². The zero-order chi connectivity index (χ0) is 14.8. The Labute approximate surface area is 136 Å². The third-order valence-corrected chi connectivity index (χ3v) is 3.89. The van der Waals surface area contributed by atoms with E-state index in [2.05, 4.69) is 21.0 Å². The first-order valence-electron chi connectivity index (χ1n) is 6.45. The van der Waals surface area contributed by atoms with Crippen LogP contribution in [-0.2, 0) is 6.54 Å². The van der Waals surface area contributed by atoms with Gasteiger partial charge in [-0.1, -0.05) is 51.8 Å². The summed E-state index contributed by atoms with van der Waals surface area (Å²) in [4.78, 5) is 0. The number of nitrogens with two attached hydrogens (primary N) is 1. The second kappa shape index (κ2) is 5.92. The SMILES string of the molecule is Nc1cn(Cc2ccc(Cl)cc2)nc1-c1cccc(Br)c1. The maximum Gasteiger partial charge on any atom is 0.115 e. The molecule has 0 atom stereocenters. The lowest BCUT2D eigenvalue weighted by Gasteiger charge is -2.02. The number of hydrogen-bond donors (Lipinski definition) is 1. The molecular weight excluding hydrogens is 350 g/mol. The molecule has 0 aliphatic rings. The highest BCUT2D eigenvalue weighted by molar-refractivity contribution is 9.10. The van der Waals surface area contributed by atoms with Gasteiger partial charge in [0.25, 0.3) is 0 Å². The minimum Gasteiger partial charge on any atom is -0.396 e. The molecule has 0 bridgehead atoms. The van der Waals surface area contributed by atoms with Crippen LogP contribution in [0.1, 0.15) is 5.56 Å². The van der Waals surface area contributed by atoms with Gasteiger partial charge < -0.3 is 5.73 Å². The molecule has 0 unspecified atom stereocenters. The molecule has 0 aliphatic heterocycles. The number of nitrogens with zero attached hydrogens (tertiary/aromatic N) is 2. The third kappa shape index (κ3) is 3.28. The van der Waals surface area contributed by atoms with Gasteiger partial charge in [-0.2, -0.15) is 5.10 Å². The monoisotopic (exact) mass is 361 g/mol. The first-order chi connectivity index (χ1) is 10.1. The molecular formula is C16H13BrClN3. The minimum atomic E-state index is 0.662. The molecule has 2 aromatic carbocycles. The Hall–Kier alpha value is -1.78. The highest BCUT2D eigenvalue weighted by Crippen LogP contribution is 2.26. The van der Waals surface area contributed by atoms with Gasteiger partial charge in [0, 0.05) is 21.3 Å². The molecule has 1 heterocycles. The number of hydrogen-bond acceptors (Lipinski definition) is 2. The van der Waals surface area contributed by atoms with E-state index in [0.29, 0.717) is 12.2 Å². The fraction of sp³-hybridized carbons (Fsp3) is 0.0625. The summed E-state index contributed by atoms with van der Waals surface area (Å²) in [6.07, 6.45) is 1.85. The Morgan fingerprint density at radius 1 is 1.14 bits per heavy atom. The molecule has 5 heteroatoms. The lowest BCUT2D eigenvalue weighted by atomic mass is 10.1. The Bertz CT molecular complexity index is 765. The number of rotatable bonds is 3. The van der Waals surface area contributed by atoms with Crippen LogP contribution in [0.4, 0.5) is 5.69 Å². The largest absolute Gasteiger partial charge is 0.396 e. The van der Waals surface area contributed by atoms with Crippen molar-refractivity contribution in [3.8, 4) is 11.3 Å². The molecule has 3 nitrogen and oxygen atoms in total. The van der Waals surface area contributed by atoms with E-state index in [1.807, 2.05) is 59.4 Å². The van der Waals surface area contributed by atoms with Crippen molar-refractivity contribution in [3.05, 3.63) is 69.8 Å². The van der Waals surface area contributed by atoms with Crippen LogP contribution in [0.15, 0.2) is 59.2 Å². The third-order valence-electron chi connectivity index (χ3n) is 3.15. The molecule has 21 heavy (non-hydrogen) atoms. The van der Waals surface area contributed by atoms with Gasteiger partial charge in [0.05, 0.1) is 12.2 Å². The predicted molar refractivity (Wildman–Crippen MR) is 90.3 cm³/mol. The maximum atomic E-state index is 6.08. The summed E-state index contributed by atoms with van der Waals surface area (Å²) < 4.78 is 2.85. The fourth-order valence-corrected chi connectivity index (χ4v) is 2.68. The summed E-state index contributed by atoms with van der Waals surface area (Å²) in [5.74, 6) is 0. The second-order valence-electron chi connectivity index (χ2n) is 4.77. The van der Waals surface area contributed by atoms with E-state index in [1.54, 1.807) is 0 Å². The van der Waals surface area contributed by atoms with Crippen LogP contribution >= 0.6 is 27.5 Å². The number of nitrogen functional groups attached to an aromatic ring is 1. The molecule has 0 saturated heterocycles. The average molecular weight is 363 g/mol. The van der Waals surface area contributed by atoms with Crippen LogP contribution in [0.5, 0.6) is 0 Å². The molecule has 106 valence electrons. The Kier molecular flexibility index (Phi) is 3.99. The summed E-state index contributed by atoms with van der Waals surface area (Å²) in [5, 5.41) is 5.31. The van der Waals surface area contributed by atoms with Crippen molar-refractivity contribution in [2.45, 2.75) is 6.54 Å². The van der Waals surface area contributed by atoms with Gasteiger partial charge in [0.2, 0.25) is 0 Å². The van der Waals surface area contributed by atoms with Gasteiger partial charge in [-0.15, -0.1) is 0 Å². The topological polar surface area (TPSA) is 43.8 Å². The molecule has 2 N–H and O–H groups in total. The standard InChI is InChI=1S/C16H13BrClN3/c17-13-3-1-2-12(8-13)16-15(19)10-21(20-16)9-11-4-6-14(18)7-5-11/h1-8,10H,9,19H2. The molecule has 3 aromatic rings. The zero-order valence-electron chi connectivity index (χ0n) is 11.1. The van der Waals surface area contributed by atoms with Crippen LogP contribution < -0.4 is 5.73 Å². The Morgan fingerprint density at radius 2 is 1.90 bits per heavy atom. The number of anilines is 1. The molecule has 0 fully saturated rings. The summed E-state index contributed by atoms with van der Waals surface area (Å²) in [5.41, 5.74) is 9.67. The number of halogens is 2. The smallest absolute Gasteiger partial charge is 0.115 e. The van der Waals surface area contributed by atoms with E-state index < -0.39 is 0 Å². The van der Waals surface area contributed by atoms with E-state index in [-0.39, 0.29) is 0 Å². The maximum absolute atomic E-state index is 6.08. The van der Waals surface area contributed by atoms with Crippen LogP contribution in [0.25, 0.3) is 11.3 Å². The molecule has 1 aromatic heterocycles. The minimum absolute atomic E-state index is 0.662. The van der Waals surface area contributed by atoms with Crippen LogP contribution in [0.3, 0.4) is 0 Å². The Morgan fingerprint density at radius 3 is 2.62 bits per heavy atom. The lowest BCUT2D eigenvalue weighted by Crippen LogP contribution is -2.00. The van der Waals surface area contributed by atoms with E-state index in [0.717, 1.165) is 26.3 Å². The molecule has 0 spiro atoms. The normalized spacial score (nSPS) is 10.8. The van der Waals surface area contributed by atoms with E-state index >= 15 is 0 Å². The van der Waals surface area contributed by atoms with Gasteiger partial charge in [-0.25, -0.2) is 0 Å². The fourth-order valence-electron chi connectivity index (χ4n) is 2.15. The first kappa shape index (κ1) is 14.2. The molecule has 0 saturated carbocycles. The van der Waals surface area contributed by atoms with Crippen LogP contribution in [0.2, 0.25) is 5.02 Å². The van der Waals surface area contributed by atoms with Crippen molar-refractivity contribution in [1.82, 2.24) is 9.78 Å². The van der Waals surface area contributed by atoms with Gasteiger partial charge >= 0.3 is 0 Å². The van der Waals surface area contributed by atoms with Crippen molar-refractivity contribution < 1.29 is 0 Å². The number of aromatic nitrogens is 2. The van der Waals surface area contributed by atoms with Gasteiger partial charge in [-0.05, 0) is 29.8 Å². The summed E-state index contributed by atoms with van der Waals surface area (Å²) in [6.45, 7) is 0.662. The van der Waals surface area contributed by atoms with E-state index in [4.69, 9.17) is 17.3 Å². The van der Waals surface area contributed by atoms with Gasteiger partial charge in [0.15, 0.2) is 0 Å².